The molecule has 0 amide bonds. The minimum Gasteiger partial charge on any atom is -0.428 e. The van der Waals surface area contributed by atoms with Crippen LogP contribution in [-0.2, 0) is 13.1 Å². The largest absolute Gasteiger partial charge is 0.428 e. The summed E-state index contributed by atoms with van der Waals surface area (Å²) in [6.45, 7) is 5.71. The molecule has 0 bridgehead atoms. The second-order valence-electron chi connectivity index (χ2n) is 6.18. The van der Waals surface area contributed by atoms with E-state index in [1.54, 1.807) is 6.33 Å². The van der Waals surface area contributed by atoms with Crippen LogP contribution in [0.3, 0.4) is 0 Å². The number of anilines is 1. The molecule has 0 fully saturated rings. The zero-order chi connectivity index (χ0) is 17.4. The van der Waals surface area contributed by atoms with E-state index in [1.165, 1.54) is 5.56 Å². The van der Waals surface area contributed by atoms with Crippen LogP contribution in [0.15, 0.2) is 42.9 Å². The van der Waals surface area contributed by atoms with Crippen LogP contribution in [0, 0.1) is 13.8 Å². The average molecular weight is 444 g/mol. The van der Waals surface area contributed by atoms with E-state index in [0.29, 0.717) is 0 Å². The van der Waals surface area contributed by atoms with Crippen molar-refractivity contribution in [3.63, 3.8) is 0 Å². The lowest BCUT2D eigenvalue weighted by molar-refractivity contribution is 0.716. The van der Waals surface area contributed by atoms with E-state index in [0.717, 1.165) is 52.7 Å². The number of halogens is 1. The SMILES string of the molecule is Cc1cc(OI)ccc1-c1c(C)ncnc1N1Cc2cccnc2C1. The third-order valence-corrected chi connectivity index (χ3v) is 5.07. The Hall–Kier alpha value is -2.22. The Kier molecular flexibility index (Phi) is 4.29. The zero-order valence-corrected chi connectivity index (χ0v) is 16.2. The van der Waals surface area contributed by atoms with Crippen molar-refractivity contribution in [1.82, 2.24) is 15.0 Å². The first-order valence-corrected chi connectivity index (χ1v) is 8.94. The van der Waals surface area contributed by atoms with Gasteiger partial charge in [0.1, 0.15) is 17.9 Å². The lowest BCUT2D eigenvalue weighted by Gasteiger charge is -2.22. The van der Waals surface area contributed by atoms with Crippen LogP contribution < -0.4 is 7.97 Å². The highest BCUT2D eigenvalue weighted by Gasteiger charge is 2.25. The molecule has 5 nitrogen and oxygen atoms in total. The fourth-order valence-corrected chi connectivity index (χ4v) is 3.60. The highest BCUT2D eigenvalue weighted by atomic mass is 127. The molecule has 0 radical (unpaired) electrons. The molecular formula is C19H17IN4O. The average Bonchev–Trinajstić information content (AvgIpc) is 3.06. The Bertz CT molecular complexity index is 919. The van der Waals surface area contributed by atoms with Crippen molar-refractivity contribution in [3.05, 3.63) is 65.4 Å². The van der Waals surface area contributed by atoms with Gasteiger partial charge in [-0.2, -0.15) is 0 Å². The molecule has 3 aromatic rings. The number of hydrogen-bond acceptors (Lipinski definition) is 5. The van der Waals surface area contributed by atoms with Crippen molar-refractivity contribution in [3.8, 4) is 16.9 Å². The van der Waals surface area contributed by atoms with Gasteiger partial charge in [-0.05, 0) is 48.7 Å². The highest BCUT2D eigenvalue weighted by Crippen LogP contribution is 2.37. The highest BCUT2D eigenvalue weighted by molar-refractivity contribution is 14.1. The van der Waals surface area contributed by atoms with Crippen molar-refractivity contribution in [2.45, 2.75) is 26.9 Å². The number of benzene rings is 1. The number of aryl methyl sites for hydroxylation is 2. The monoisotopic (exact) mass is 444 g/mol. The molecule has 0 spiro atoms. The van der Waals surface area contributed by atoms with Gasteiger partial charge in [0.15, 0.2) is 23.0 Å². The van der Waals surface area contributed by atoms with Gasteiger partial charge in [-0.25, -0.2) is 9.97 Å². The summed E-state index contributed by atoms with van der Waals surface area (Å²) in [6, 6.07) is 10.2. The smallest absolute Gasteiger partial charge is 0.192 e. The molecule has 0 N–H and O–H groups in total. The number of nitrogens with zero attached hydrogens (tertiary/aromatic N) is 4. The maximum atomic E-state index is 5.31. The number of rotatable bonds is 3. The van der Waals surface area contributed by atoms with Gasteiger partial charge >= 0.3 is 0 Å². The fourth-order valence-electron chi connectivity index (χ4n) is 3.33. The van der Waals surface area contributed by atoms with E-state index in [4.69, 9.17) is 3.07 Å². The predicted molar refractivity (Wildman–Crippen MR) is 106 cm³/mol. The topological polar surface area (TPSA) is 51.1 Å². The van der Waals surface area contributed by atoms with Crippen LogP contribution in [-0.4, -0.2) is 15.0 Å². The first-order valence-electron chi connectivity index (χ1n) is 8.06. The first-order chi connectivity index (χ1) is 12.2. The quantitative estimate of drug-likeness (QED) is 0.561. The summed E-state index contributed by atoms with van der Waals surface area (Å²) in [6.07, 6.45) is 3.49. The van der Waals surface area contributed by atoms with E-state index in [2.05, 4.69) is 38.9 Å². The molecule has 1 aromatic carbocycles. The molecule has 0 saturated heterocycles. The van der Waals surface area contributed by atoms with Crippen molar-refractivity contribution >= 4 is 28.8 Å². The third-order valence-electron chi connectivity index (χ3n) is 4.56. The first kappa shape index (κ1) is 16.3. The molecule has 0 unspecified atom stereocenters. The minimum atomic E-state index is 0.771. The normalized spacial score (nSPS) is 13.0. The van der Waals surface area contributed by atoms with Crippen molar-refractivity contribution in [2.24, 2.45) is 0 Å². The lowest BCUT2D eigenvalue weighted by Crippen LogP contribution is -2.18. The Labute approximate surface area is 160 Å². The second kappa shape index (κ2) is 6.59. The Morgan fingerprint density at radius 2 is 1.96 bits per heavy atom. The van der Waals surface area contributed by atoms with Crippen molar-refractivity contribution < 1.29 is 3.07 Å². The Morgan fingerprint density at radius 1 is 1.08 bits per heavy atom. The molecule has 0 aliphatic carbocycles. The number of hydrogen-bond donors (Lipinski definition) is 0. The summed E-state index contributed by atoms with van der Waals surface area (Å²) in [5, 5.41) is 0. The molecule has 3 heterocycles. The summed E-state index contributed by atoms with van der Waals surface area (Å²) in [5.74, 6) is 1.80. The van der Waals surface area contributed by atoms with Crippen LogP contribution in [0.25, 0.3) is 11.1 Å². The molecule has 6 heteroatoms. The molecule has 0 saturated carbocycles. The van der Waals surface area contributed by atoms with E-state index in [-0.39, 0.29) is 0 Å². The van der Waals surface area contributed by atoms with Crippen molar-refractivity contribution in [2.75, 3.05) is 4.90 Å². The van der Waals surface area contributed by atoms with E-state index < -0.39 is 0 Å². The van der Waals surface area contributed by atoms with E-state index in [1.807, 2.05) is 54.3 Å². The maximum Gasteiger partial charge on any atom is 0.192 e. The lowest BCUT2D eigenvalue weighted by atomic mass is 9.99. The number of aromatic nitrogens is 3. The van der Waals surface area contributed by atoms with Gasteiger partial charge in [-0.1, -0.05) is 12.1 Å². The van der Waals surface area contributed by atoms with Crippen LogP contribution in [0.2, 0.25) is 0 Å². The molecular weight excluding hydrogens is 427 g/mol. The van der Waals surface area contributed by atoms with E-state index >= 15 is 0 Å². The Balaban J connectivity index is 1.80. The van der Waals surface area contributed by atoms with Gasteiger partial charge in [0, 0.05) is 18.3 Å². The summed E-state index contributed by atoms with van der Waals surface area (Å²) < 4.78 is 5.31. The van der Waals surface area contributed by atoms with Crippen LogP contribution in [0.4, 0.5) is 5.82 Å². The summed E-state index contributed by atoms with van der Waals surface area (Å²) in [5.41, 5.74) is 6.70. The number of fused-ring (bicyclic) bond motifs is 1. The molecule has 0 atom stereocenters. The third kappa shape index (κ3) is 2.95. The molecule has 126 valence electrons. The fraction of sp³-hybridized carbons (Fsp3) is 0.211. The Morgan fingerprint density at radius 3 is 2.72 bits per heavy atom. The molecule has 1 aliphatic rings. The maximum absolute atomic E-state index is 5.31. The summed E-state index contributed by atoms with van der Waals surface area (Å²) in [4.78, 5) is 15.8. The standard InChI is InChI=1S/C19H17IN4O/c1-12-8-15(25-20)5-6-16(12)18-13(2)22-11-23-19(18)24-9-14-4-3-7-21-17(14)10-24/h3-8,11H,9-10H2,1-2H3. The summed E-state index contributed by atoms with van der Waals surface area (Å²) in [7, 11) is 0. The van der Waals surface area contributed by atoms with Crippen LogP contribution in [0.5, 0.6) is 5.75 Å². The van der Waals surface area contributed by atoms with Gasteiger partial charge in [-0.15, -0.1) is 0 Å². The van der Waals surface area contributed by atoms with Crippen LogP contribution >= 0.6 is 23.0 Å². The van der Waals surface area contributed by atoms with Gasteiger partial charge < -0.3 is 7.97 Å². The predicted octanol–water partition coefficient (Wildman–Crippen LogP) is 4.40. The van der Waals surface area contributed by atoms with Gasteiger partial charge in [0.25, 0.3) is 0 Å². The van der Waals surface area contributed by atoms with Gasteiger partial charge in [-0.3, -0.25) is 4.98 Å². The minimum absolute atomic E-state index is 0.771. The zero-order valence-electron chi connectivity index (χ0n) is 14.0. The molecule has 2 aromatic heterocycles. The van der Waals surface area contributed by atoms with Crippen LogP contribution in [0.1, 0.15) is 22.5 Å². The van der Waals surface area contributed by atoms with Gasteiger partial charge in [0.05, 0.1) is 17.9 Å². The molecule has 1 aliphatic heterocycles. The van der Waals surface area contributed by atoms with E-state index in [9.17, 15) is 0 Å². The van der Waals surface area contributed by atoms with Gasteiger partial charge in [0.2, 0.25) is 0 Å². The molecule has 25 heavy (non-hydrogen) atoms. The van der Waals surface area contributed by atoms with Crippen molar-refractivity contribution in [1.29, 1.82) is 0 Å². The second-order valence-corrected chi connectivity index (χ2v) is 6.62. The summed E-state index contributed by atoms with van der Waals surface area (Å²) >= 11 is 1.90. The number of pyridine rings is 1. The molecule has 4 rings (SSSR count).